The fraction of sp³-hybridized carbons (Fsp3) is 0.387. The smallest absolute Gasteiger partial charge is 0.410 e. The van der Waals surface area contributed by atoms with Crippen LogP contribution in [0.3, 0.4) is 0 Å². The van der Waals surface area contributed by atoms with E-state index in [0.29, 0.717) is 28.4 Å². The molecule has 1 aromatic heterocycles. The van der Waals surface area contributed by atoms with Crippen molar-refractivity contribution in [2.45, 2.75) is 57.7 Å². The molecule has 2 aromatic carbocycles. The Balaban J connectivity index is 1.34. The highest BCUT2D eigenvalue weighted by Crippen LogP contribution is 2.34. The van der Waals surface area contributed by atoms with Gasteiger partial charge in [0.2, 0.25) is 5.91 Å². The molecule has 0 spiro atoms. The molecule has 5 rings (SSSR count). The van der Waals surface area contributed by atoms with Crippen molar-refractivity contribution in [2.24, 2.45) is 0 Å². The van der Waals surface area contributed by atoms with Crippen molar-refractivity contribution in [1.29, 1.82) is 5.26 Å². The molecular weight excluding hydrogens is 552 g/mol. The number of amides is 3. The van der Waals surface area contributed by atoms with Gasteiger partial charge in [0.05, 0.1) is 17.3 Å². The Morgan fingerprint density at radius 3 is 2.67 bits per heavy atom. The molecule has 0 saturated carbocycles. The number of aromatic nitrogens is 1. The van der Waals surface area contributed by atoms with Gasteiger partial charge >= 0.3 is 6.09 Å². The molecule has 218 valence electrons. The molecule has 0 aliphatic carbocycles. The first-order valence-electron chi connectivity index (χ1n) is 13.9. The Kier molecular flexibility index (Phi) is 8.29. The second-order valence-electron chi connectivity index (χ2n) is 11.7. The Labute approximate surface area is 249 Å². The van der Waals surface area contributed by atoms with Crippen LogP contribution in [0.4, 0.5) is 15.6 Å². The molecule has 0 radical (unpaired) electrons. The van der Waals surface area contributed by atoms with Crippen molar-refractivity contribution in [3.63, 3.8) is 0 Å². The van der Waals surface area contributed by atoms with E-state index in [1.54, 1.807) is 51.1 Å². The summed E-state index contributed by atoms with van der Waals surface area (Å²) in [4.78, 5) is 49.3. The van der Waals surface area contributed by atoms with Crippen LogP contribution in [0.2, 0.25) is 0 Å². The van der Waals surface area contributed by atoms with Crippen LogP contribution in [0, 0.1) is 11.3 Å². The minimum Gasteiger partial charge on any atom is -0.444 e. The minimum atomic E-state index is -0.798. The van der Waals surface area contributed by atoms with Crippen molar-refractivity contribution in [2.75, 3.05) is 30.8 Å². The van der Waals surface area contributed by atoms with Gasteiger partial charge in [-0.2, -0.15) is 5.26 Å². The fourth-order valence-corrected chi connectivity index (χ4v) is 6.30. The van der Waals surface area contributed by atoms with E-state index in [-0.39, 0.29) is 24.3 Å². The Hall–Kier alpha value is -4.27. The third-order valence-corrected chi connectivity index (χ3v) is 8.25. The number of nitriles is 1. The largest absolute Gasteiger partial charge is 0.444 e. The molecule has 2 aliphatic rings. The summed E-state index contributed by atoms with van der Waals surface area (Å²) < 4.78 is 5.63. The zero-order chi connectivity index (χ0) is 30.0. The van der Waals surface area contributed by atoms with Crippen LogP contribution in [0.5, 0.6) is 0 Å². The average Bonchev–Trinajstić information content (AvgIpc) is 3.56. The number of ether oxygens (including phenoxy) is 1. The predicted octanol–water partition coefficient (Wildman–Crippen LogP) is 4.99. The maximum Gasteiger partial charge on any atom is 0.410 e. The standard InChI is InChI=1S/C31H34N6O4S/c1-31(2,3)41-30(40)37-17-22(15-25(37)28(39)33-23-10-5-7-19(13-23)16-32)20-8-6-9-21(14-20)27(38)35-29-34-24-11-12-36(4)18-26(24)42-29/h5-10,13-14,22,25H,11-12,15,17-18H2,1-4H3,(H,33,39)(H,34,35,38). The number of fused-ring (bicyclic) bond motifs is 1. The molecular formula is C31H34N6O4S. The molecule has 3 aromatic rings. The number of likely N-dealkylation sites (N-methyl/N-ethyl adjacent to an activating group) is 1. The van der Waals surface area contributed by atoms with Crippen molar-refractivity contribution in [3.8, 4) is 6.07 Å². The lowest BCUT2D eigenvalue weighted by Crippen LogP contribution is -2.45. The van der Waals surface area contributed by atoms with Gasteiger partial charge in [0.15, 0.2) is 5.13 Å². The van der Waals surface area contributed by atoms with Gasteiger partial charge in [-0.15, -0.1) is 11.3 Å². The van der Waals surface area contributed by atoms with Crippen LogP contribution in [0.15, 0.2) is 48.5 Å². The molecule has 0 bridgehead atoms. The number of likely N-dealkylation sites (tertiary alicyclic amines) is 1. The normalized spacial score (nSPS) is 18.6. The lowest BCUT2D eigenvalue weighted by molar-refractivity contribution is -0.120. The second kappa shape index (κ2) is 11.9. The molecule has 3 heterocycles. The predicted molar refractivity (Wildman–Crippen MR) is 160 cm³/mol. The SMILES string of the molecule is CN1CCc2nc(NC(=O)c3cccc(C4CC(C(=O)Nc5cccc(C#N)c5)N(C(=O)OC(C)(C)C)C4)c3)sc2C1. The van der Waals surface area contributed by atoms with Gasteiger partial charge in [0.1, 0.15) is 11.6 Å². The first kappa shape index (κ1) is 29.2. The quantitative estimate of drug-likeness (QED) is 0.431. The van der Waals surface area contributed by atoms with Crippen molar-refractivity contribution < 1.29 is 19.1 Å². The Morgan fingerprint density at radius 1 is 1.12 bits per heavy atom. The van der Waals surface area contributed by atoms with Gasteiger partial charge in [0, 0.05) is 48.1 Å². The van der Waals surface area contributed by atoms with E-state index in [9.17, 15) is 19.6 Å². The van der Waals surface area contributed by atoms with E-state index in [1.165, 1.54) is 21.1 Å². The van der Waals surface area contributed by atoms with Gasteiger partial charge < -0.3 is 15.0 Å². The zero-order valence-corrected chi connectivity index (χ0v) is 25.0. The third kappa shape index (κ3) is 6.78. The molecule has 2 aliphatic heterocycles. The topological polar surface area (TPSA) is 128 Å². The van der Waals surface area contributed by atoms with Gasteiger partial charge in [0.25, 0.3) is 5.91 Å². The minimum absolute atomic E-state index is 0.200. The van der Waals surface area contributed by atoms with E-state index in [4.69, 9.17) is 4.74 Å². The summed E-state index contributed by atoms with van der Waals surface area (Å²) >= 11 is 1.50. The van der Waals surface area contributed by atoms with E-state index in [1.807, 2.05) is 18.2 Å². The summed E-state index contributed by atoms with van der Waals surface area (Å²) in [5.74, 6) is -0.829. The van der Waals surface area contributed by atoms with Crippen LogP contribution in [0.25, 0.3) is 0 Å². The van der Waals surface area contributed by atoms with Crippen molar-refractivity contribution in [3.05, 3.63) is 75.8 Å². The van der Waals surface area contributed by atoms with Crippen molar-refractivity contribution >= 4 is 40.1 Å². The summed E-state index contributed by atoms with van der Waals surface area (Å²) in [7, 11) is 2.07. The number of carbonyl (C=O) groups excluding carboxylic acids is 3. The lowest BCUT2D eigenvalue weighted by atomic mass is 9.94. The number of benzene rings is 2. The van der Waals surface area contributed by atoms with Crippen LogP contribution in [0.1, 0.15) is 65.2 Å². The number of nitrogens with zero attached hydrogens (tertiary/aromatic N) is 4. The maximum atomic E-state index is 13.4. The van der Waals surface area contributed by atoms with Crippen LogP contribution >= 0.6 is 11.3 Å². The molecule has 3 amide bonds. The van der Waals surface area contributed by atoms with Gasteiger partial charge in [-0.25, -0.2) is 9.78 Å². The van der Waals surface area contributed by atoms with E-state index < -0.39 is 17.7 Å². The van der Waals surface area contributed by atoms with Crippen LogP contribution in [-0.4, -0.2) is 64.5 Å². The van der Waals surface area contributed by atoms with E-state index >= 15 is 0 Å². The van der Waals surface area contributed by atoms with E-state index in [0.717, 1.165) is 30.8 Å². The molecule has 1 saturated heterocycles. The number of hydrogen-bond donors (Lipinski definition) is 2. The average molecular weight is 587 g/mol. The summed E-state index contributed by atoms with van der Waals surface area (Å²) in [6, 6.07) is 15.2. The number of rotatable bonds is 5. The molecule has 2 unspecified atom stereocenters. The van der Waals surface area contributed by atoms with Crippen LogP contribution < -0.4 is 10.6 Å². The summed E-state index contributed by atoms with van der Waals surface area (Å²) in [5, 5.41) is 15.6. The number of thiazole rings is 1. The number of anilines is 2. The summed E-state index contributed by atoms with van der Waals surface area (Å²) in [5.41, 5.74) is 2.52. The molecule has 1 fully saturated rings. The molecule has 2 N–H and O–H groups in total. The van der Waals surface area contributed by atoms with Gasteiger partial charge in [-0.05, 0) is 70.1 Å². The zero-order valence-electron chi connectivity index (χ0n) is 24.1. The van der Waals surface area contributed by atoms with Crippen molar-refractivity contribution in [1.82, 2.24) is 14.8 Å². The molecule has 2 atom stereocenters. The van der Waals surface area contributed by atoms with Gasteiger partial charge in [-0.3, -0.25) is 19.8 Å². The third-order valence-electron chi connectivity index (χ3n) is 7.25. The highest BCUT2D eigenvalue weighted by molar-refractivity contribution is 7.15. The number of nitrogens with one attached hydrogen (secondary N) is 2. The highest BCUT2D eigenvalue weighted by atomic mass is 32.1. The highest BCUT2D eigenvalue weighted by Gasteiger charge is 2.42. The second-order valence-corrected chi connectivity index (χ2v) is 12.8. The summed E-state index contributed by atoms with van der Waals surface area (Å²) in [6.07, 6.45) is 0.631. The molecule has 10 nitrogen and oxygen atoms in total. The first-order chi connectivity index (χ1) is 20.0. The molecule has 42 heavy (non-hydrogen) atoms. The monoisotopic (exact) mass is 586 g/mol. The maximum absolute atomic E-state index is 13.4. The number of carbonyl (C=O) groups is 3. The van der Waals surface area contributed by atoms with Gasteiger partial charge in [-0.1, -0.05) is 18.2 Å². The number of hydrogen-bond acceptors (Lipinski definition) is 8. The van der Waals surface area contributed by atoms with E-state index in [2.05, 4.69) is 33.6 Å². The van der Waals surface area contributed by atoms with Crippen LogP contribution in [-0.2, 0) is 22.5 Å². The fourth-order valence-electron chi connectivity index (χ4n) is 5.22. The lowest BCUT2D eigenvalue weighted by Gasteiger charge is -2.28. The molecule has 11 heteroatoms. The summed E-state index contributed by atoms with van der Waals surface area (Å²) in [6.45, 7) is 7.36. The first-order valence-corrected chi connectivity index (χ1v) is 14.7. The Bertz CT molecular complexity index is 1560. The Morgan fingerprint density at radius 2 is 1.90 bits per heavy atom.